The molecule has 0 aliphatic carbocycles. The maximum Gasteiger partial charge on any atom is 0.130 e. The van der Waals surface area contributed by atoms with Crippen LogP contribution in [0.3, 0.4) is 0 Å². The summed E-state index contributed by atoms with van der Waals surface area (Å²) in [5.41, 5.74) is 0. The van der Waals surface area contributed by atoms with Crippen LogP contribution in [0.15, 0.2) is 0 Å². The van der Waals surface area contributed by atoms with Gasteiger partial charge in [0.1, 0.15) is 7.28 Å². The van der Waals surface area contributed by atoms with E-state index in [9.17, 15) is 0 Å². The summed E-state index contributed by atoms with van der Waals surface area (Å²) >= 11 is 0. The summed E-state index contributed by atoms with van der Waals surface area (Å²) in [5.74, 6) is 1.97. The van der Waals surface area contributed by atoms with Crippen molar-refractivity contribution in [3.63, 3.8) is 0 Å². The van der Waals surface area contributed by atoms with Gasteiger partial charge in [0.15, 0.2) is 0 Å². The van der Waals surface area contributed by atoms with Crippen molar-refractivity contribution >= 4 is 7.28 Å². The average Bonchev–Trinajstić information content (AvgIpc) is 2.06. The number of fused-ring (bicyclic) bond motifs is 2. The quantitative estimate of drug-likeness (QED) is 0.522. The van der Waals surface area contributed by atoms with E-state index in [1.807, 2.05) is 7.11 Å². The molecule has 0 radical (unpaired) electrons. The van der Waals surface area contributed by atoms with Gasteiger partial charge in [0.25, 0.3) is 0 Å². The molecule has 0 aromatic heterocycles. The summed E-state index contributed by atoms with van der Waals surface area (Å²) in [7, 11) is 3.33. The number of ether oxygens (including phenoxy) is 1. The van der Waals surface area contributed by atoms with Crippen LogP contribution in [0.5, 0.6) is 0 Å². The van der Waals surface area contributed by atoms with Crippen LogP contribution >= 0.6 is 0 Å². The number of methoxy groups -OCH3 is 1. The van der Waals surface area contributed by atoms with Gasteiger partial charge >= 0.3 is 0 Å². The van der Waals surface area contributed by atoms with Crippen LogP contribution in [0.25, 0.3) is 0 Å². The minimum Gasteiger partial charge on any atom is -0.382 e. The predicted octanol–water partition coefficient (Wildman–Crippen LogP) is 1.99. The molecule has 0 aromatic carbocycles. The topological polar surface area (TPSA) is 9.23 Å². The van der Waals surface area contributed by atoms with E-state index < -0.39 is 0 Å². The largest absolute Gasteiger partial charge is 0.382 e. The van der Waals surface area contributed by atoms with E-state index in [4.69, 9.17) is 4.74 Å². The monoisotopic (exact) mass is 152 g/mol. The third kappa shape index (κ3) is 1.46. The van der Waals surface area contributed by atoms with Crippen LogP contribution < -0.4 is 0 Å². The molecule has 2 fully saturated rings. The lowest BCUT2D eigenvalue weighted by molar-refractivity contribution is 0.0718. The Bertz CT molecular complexity index is 138. The van der Waals surface area contributed by atoms with E-state index in [0.29, 0.717) is 6.10 Å². The molecule has 0 N–H and O–H groups in total. The first-order chi connectivity index (χ1) is 5.40. The summed E-state index contributed by atoms with van der Waals surface area (Å²) < 4.78 is 5.48. The molecule has 2 bridgehead atoms. The van der Waals surface area contributed by atoms with Crippen molar-refractivity contribution in [3.8, 4) is 0 Å². The highest BCUT2D eigenvalue weighted by molar-refractivity contribution is 6.40. The fraction of sp³-hybridized carbons (Fsp3) is 1.00. The van der Waals surface area contributed by atoms with Crippen LogP contribution in [0.1, 0.15) is 32.1 Å². The highest BCUT2D eigenvalue weighted by Gasteiger charge is 2.34. The Morgan fingerprint density at radius 2 is 2.09 bits per heavy atom. The van der Waals surface area contributed by atoms with Crippen LogP contribution in [-0.4, -0.2) is 20.5 Å². The third-order valence-corrected chi connectivity index (χ3v) is 3.51. The highest BCUT2D eigenvalue weighted by atomic mass is 16.5. The lowest BCUT2D eigenvalue weighted by Gasteiger charge is -2.38. The van der Waals surface area contributed by atoms with Crippen LogP contribution in [0, 0.1) is 0 Å². The van der Waals surface area contributed by atoms with E-state index in [1.165, 1.54) is 39.4 Å². The molecule has 2 saturated heterocycles. The van der Waals surface area contributed by atoms with Gasteiger partial charge in [-0.2, -0.15) is 0 Å². The molecule has 0 amide bonds. The van der Waals surface area contributed by atoms with Gasteiger partial charge in [-0.15, -0.1) is 0 Å². The summed E-state index contributed by atoms with van der Waals surface area (Å²) in [4.78, 5) is 0. The van der Waals surface area contributed by atoms with Crippen molar-refractivity contribution in [2.24, 2.45) is 0 Å². The first-order valence-corrected chi connectivity index (χ1v) is 4.93. The second kappa shape index (κ2) is 3.18. The molecular weight excluding hydrogens is 135 g/mol. The zero-order valence-corrected chi connectivity index (χ0v) is 7.38. The number of hydrogen-bond donors (Lipinski definition) is 0. The Morgan fingerprint density at radius 1 is 1.18 bits per heavy atom. The minimum atomic E-state index is 0.603. The van der Waals surface area contributed by atoms with Gasteiger partial charge in [-0.1, -0.05) is 31.5 Å². The molecule has 2 heteroatoms. The molecule has 2 heterocycles. The second-order valence-corrected chi connectivity index (χ2v) is 4.14. The van der Waals surface area contributed by atoms with Gasteiger partial charge in [0.2, 0.25) is 0 Å². The molecule has 2 aliphatic rings. The molecule has 0 aromatic rings. The van der Waals surface area contributed by atoms with Gasteiger partial charge in [0, 0.05) is 7.11 Å². The van der Waals surface area contributed by atoms with Crippen molar-refractivity contribution in [2.75, 3.05) is 7.11 Å². The first kappa shape index (κ1) is 7.66. The van der Waals surface area contributed by atoms with Crippen molar-refractivity contribution in [2.45, 2.75) is 49.8 Å². The molecule has 0 saturated carbocycles. The Hall–Kier alpha value is 0.0249. The second-order valence-electron chi connectivity index (χ2n) is 4.14. The lowest BCUT2D eigenvalue weighted by Crippen LogP contribution is -2.33. The highest BCUT2D eigenvalue weighted by Crippen LogP contribution is 2.42. The molecular formula is C9H17BO. The molecule has 3 unspecified atom stereocenters. The predicted molar refractivity (Wildman–Crippen MR) is 48.5 cm³/mol. The van der Waals surface area contributed by atoms with Gasteiger partial charge in [-0.25, -0.2) is 0 Å². The summed E-state index contributed by atoms with van der Waals surface area (Å²) in [5, 5.41) is 0. The van der Waals surface area contributed by atoms with Crippen LogP contribution in [-0.2, 0) is 4.74 Å². The van der Waals surface area contributed by atoms with E-state index >= 15 is 0 Å². The van der Waals surface area contributed by atoms with E-state index in [2.05, 4.69) is 0 Å². The van der Waals surface area contributed by atoms with Gasteiger partial charge in [-0.3, -0.25) is 0 Å². The Balaban J connectivity index is 1.97. The zero-order valence-electron chi connectivity index (χ0n) is 7.38. The molecule has 11 heavy (non-hydrogen) atoms. The first-order valence-electron chi connectivity index (χ1n) is 4.93. The summed E-state index contributed by atoms with van der Waals surface area (Å²) in [6.07, 6.45) is 7.73. The molecule has 2 rings (SSSR count). The zero-order chi connectivity index (χ0) is 7.68. The molecule has 3 atom stereocenters. The summed E-state index contributed by atoms with van der Waals surface area (Å²) in [6, 6.07) is 0. The number of rotatable bonds is 1. The van der Waals surface area contributed by atoms with Gasteiger partial charge in [0.05, 0.1) is 6.10 Å². The Labute approximate surface area is 69.7 Å². The normalized spacial score (nSPS) is 43.2. The van der Waals surface area contributed by atoms with Crippen LogP contribution in [0.2, 0.25) is 11.6 Å². The van der Waals surface area contributed by atoms with E-state index in [1.54, 1.807) is 0 Å². The van der Waals surface area contributed by atoms with Crippen molar-refractivity contribution < 1.29 is 4.74 Å². The van der Waals surface area contributed by atoms with Crippen molar-refractivity contribution in [1.82, 2.24) is 0 Å². The summed E-state index contributed by atoms with van der Waals surface area (Å²) in [6.45, 7) is 0. The smallest absolute Gasteiger partial charge is 0.130 e. The standard InChI is InChI=1S/C9H17BO/c1-11-9-6-5-7-3-2-4-8(9)10-7/h7-10H,2-6H2,1H3. The van der Waals surface area contributed by atoms with E-state index in [-0.39, 0.29) is 0 Å². The average molecular weight is 152 g/mol. The SMILES string of the molecule is COC1CCC2BC1CCC2. The molecule has 2 aliphatic heterocycles. The molecule has 62 valence electrons. The Kier molecular flexibility index (Phi) is 2.21. The van der Waals surface area contributed by atoms with Crippen molar-refractivity contribution in [3.05, 3.63) is 0 Å². The third-order valence-electron chi connectivity index (χ3n) is 3.51. The fourth-order valence-corrected chi connectivity index (χ4v) is 2.88. The van der Waals surface area contributed by atoms with Gasteiger partial charge < -0.3 is 4.74 Å². The van der Waals surface area contributed by atoms with E-state index in [0.717, 1.165) is 11.6 Å². The van der Waals surface area contributed by atoms with Crippen molar-refractivity contribution in [1.29, 1.82) is 0 Å². The van der Waals surface area contributed by atoms with Crippen LogP contribution in [0.4, 0.5) is 0 Å². The Morgan fingerprint density at radius 3 is 2.91 bits per heavy atom. The molecule has 0 spiro atoms. The number of hydrogen-bond acceptors (Lipinski definition) is 1. The maximum absolute atomic E-state index is 5.48. The molecule has 1 nitrogen and oxygen atoms in total. The maximum atomic E-state index is 5.48. The fourth-order valence-electron chi connectivity index (χ4n) is 2.88. The minimum absolute atomic E-state index is 0.603. The lowest BCUT2D eigenvalue weighted by atomic mass is 9.43. The van der Waals surface area contributed by atoms with Gasteiger partial charge in [-0.05, 0) is 12.2 Å².